The van der Waals surface area contributed by atoms with Crippen LogP contribution in [0.3, 0.4) is 0 Å². The molecule has 0 heterocycles. The van der Waals surface area contributed by atoms with Crippen LogP contribution in [-0.2, 0) is 10.0 Å². The predicted molar refractivity (Wildman–Crippen MR) is 81.7 cm³/mol. The van der Waals surface area contributed by atoms with Gasteiger partial charge in [0.25, 0.3) is 0 Å². The first-order valence-corrected chi connectivity index (χ1v) is 9.16. The van der Waals surface area contributed by atoms with Gasteiger partial charge in [0.2, 0.25) is 10.0 Å². The molecule has 102 valence electrons. The lowest BCUT2D eigenvalue weighted by Crippen LogP contribution is -2.34. The number of thioether (sulfide) groups is 1. The van der Waals surface area contributed by atoms with E-state index in [2.05, 4.69) is 27.6 Å². The van der Waals surface area contributed by atoms with Crippen molar-refractivity contribution in [3.8, 4) is 0 Å². The van der Waals surface area contributed by atoms with Crippen LogP contribution in [0.2, 0.25) is 0 Å². The van der Waals surface area contributed by atoms with Gasteiger partial charge in [-0.05, 0) is 53.2 Å². The van der Waals surface area contributed by atoms with Gasteiger partial charge in [-0.15, -0.1) is 0 Å². The minimum absolute atomic E-state index is 0.0758. The van der Waals surface area contributed by atoms with E-state index in [-0.39, 0.29) is 6.04 Å². The number of aryl methyl sites for hydroxylation is 1. The van der Waals surface area contributed by atoms with Gasteiger partial charge in [-0.1, -0.05) is 13.0 Å². The SMILES string of the molecule is CCSCC(C)NS(=O)(=O)c1ccc(C)cc1Br. The highest BCUT2D eigenvalue weighted by Gasteiger charge is 2.19. The van der Waals surface area contributed by atoms with Crippen molar-refractivity contribution in [2.45, 2.75) is 31.7 Å². The van der Waals surface area contributed by atoms with Crippen molar-refractivity contribution in [3.63, 3.8) is 0 Å². The average Bonchev–Trinajstić information content (AvgIpc) is 2.25. The lowest BCUT2D eigenvalue weighted by atomic mass is 10.2. The molecule has 1 atom stereocenters. The highest BCUT2D eigenvalue weighted by molar-refractivity contribution is 9.10. The van der Waals surface area contributed by atoms with Gasteiger partial charge < -0.3 is 0 Å². The van der Waals surface area contributed by atoms with Crippen molar-refractivity contribution in [3.05, 3.63) is 28.2 Å². The van der Waals surface area contributed by atoms with E-state index in [1.54, 1.807) is 30.0 Å². The Kier molecular flexibility index (Phi) is 6.17. The summed E-state index contributed by atoms with van der Waals surface area (Å²) in [5.74, 6) is 1.76. The summed E-state index contributed by atoms with van der Waals surface area (Å²) in [6.07, 6.45) is 0. The van der Waals surface area contributed by atoms with Crippen molar-refractivity contribution in [2.24, 2.45) is 0 Å². The molecular formula is C12H18BrNO2S2. The van der Waals surface area contributed by atoms with Crippen LogP contribution < -0.4 is 4.72 Å². The number of hydrogen-bond acceptors (Lipinski definition) is 3. The number of hydrogen-bond donors (Lipinski definition) is 1. The average molecular weight is 352 g/mol. The fraction of sp³-hybridized carbons (Fsp3) is 0.500. The third kappa shape index (κ3) is 4.57. The first-order chi connectivity index (χ1) is 8.36. The molecule has 0 aliphatic rings. The molecule has 6 heteroatoms. The zero-order valence-corrected chi connectivity index (χ0v) is 14.0. The van der Waals surface area contributed by atoms with Crippen LogP contribution in [0, 0.1) is 6.92 Å². The highest BCUT2D eigenvalue weighted by atomic mass is 79.9. The summed E-state index contributed by atoms with van der Waals surface area (Å²) in [6.45, 7) is 5.86. The Bertz CT molecular complexity index is 503. The smallest absolute Gasteiger partial charge is 0.207 e. The molecule has 1 aromatic rings. The molecular weight excluding hydrogens is 334 g/mol. The Morgan fingerprint density at radius 1 is 1.44 bits per heavy atom. The molecule has 1 rings (SSSR count). The third-order valence-corrected chi connectivity index (χ3v) is 6.02. The zero-order valence-electron chi connectivity index (χ0n) is 10.7. The molecule has 3 nitrogen and oxygen atoms in total. The van der Waals surface area contributed by atoms with E-state index in [4.69, 9.17) is 0 Å². The topological polar surface area (TPSA) is 46.2 Å². The van der Waals surface area contributed by atoms with Crippen LogP contribution >= 0.6 is 27.7 Å². The molecule has 0 aliphatic carbocycles. The third-order valence-electron chi connectivity index (χ3n) is 2.31. The van der Waals surface area contributed by atoms with Gasteiger partial charge in [0.15, 0.2) is 0 Å². The monoisotopic (exact) mass is 351 g/mol. The van der Waals surface area contributed by atoms with E-state index in [1.165, 1.54) is 0 Å². The second-order valence-corrected chi connectivity index (χ2v) is 7.97. The quantitative estimate of drug-likeness (QED) is 0.855. The van der Waals surface area contributed by atoms with Crippen LogP contribution in [0.25, 0.3) is 0 Å². The van der Waals surface area contributed by atoms with Gasteiger partial charge in [-0.25, -0.2) is 13.1 Å². The van der Waals surface area contributed by atoms with Crippen LogP contribution in [0.5, 0.6) is 0 Å². The van der Waals surface area contributed by atoms with Crippen molar-refractivity contribution in [1.29, 1.82) is 0 Å². The zero-order chi connectivity index (χ0) is 13.8. The van der Waals surface area contributed by atoms with Crippen molar-refractivity contribution in [1.82, 2.24) is 4.72 Å². The number of halogens is 1. The normalized spacial score (nSPS) is 13.6. The standard InChI is InChI=1S/C12H18BrNO2S2/c1-4-17-8-10(3)14-18(15,16)12-6-5-9(2)7-11(12)13/h5-7,10,14H,4,8H2,1-3H3. The molecule has 0 radical (unpaired) electrons. The summed E-state index contributed by atoms with van der Waals surface area (Å²) in [5, 5.41) is 0. The molecule has 18 heavy (non-hydrogen) atoms. The molecule has 0 bridgehead atoms. The maximum absolute atomic E-state index is 12.2. The van der Waals surface area contributed by atoms with Crippen LogP contribution in [0.1, 0.15) is 19.4 Å². The second kappa shape index (κ2) is 6.93. The van der Waals surface area contributed by atoms with Crippen molar-refractivity contribution < 1.29 is 8.42 Å². The molecule has 1 unspecified atom stereocenters. The summed E-state index contributed by atoms with van der Waals surface area (Å²) >= 11 is 5.02. The van der Waals surface area contributed by atoms with E-state index in [0.29, 0.717) is 9.37 Å². The van der Waals surface area contributed by atoms with E-state index in [0.717, 1.165) is 17.1 Å². The number of nitrogens with one attached hydrogen (secondary N) is 1. The van der Waals surface area contributed by atoms with E-state index in [1.807, 2.05) is 13.8 Å². The lowest BCUT2D eigenvalue weighted by Gasteiger charge is -2.14. The molecule has 0 aliphatic heterocycles. The maximum Gasteiger partial charge on any atom is 0.241 e. The molecule has 0 saturated heterocycles. The van der Waals surface area contributed by atoms with Gasteiger partial charge in [-0.3, -0.25) is 0 Å². The maximum atomic E-state index is 12.2. The fourth-order valence-corrected chi connectivity index (χ4v) is 4.69. The molecule has 0 fully saturated rings. The highest BCUT2D eigenvalue weighted by Crippen LogP contribution is 2.23. The Morgan fingerprint density at radius 3 is 2.67 bits per heavy atom. The Hall–Kier alpha value is -0.0400. The molecule has 0 saturated carbocycles. The summed E-state index contributed by atoms with van der Waals surface area (Å²) in [6, 6.07) is 5.15. The fourth-order valence-electron chi connectivity index (χ4n) is 1.48. The Balaban J connectivity index is 2.86. The summed E-state index contributed by atoms with van der Waals surface area (Å²) < 4.78 is 27.7. The Morgan fingerprint density at radius 2 is 2.11 bits per heavy atom. The molecule has 0 spiro atoms. The van der Waals surface area contributed by atoms with Gasteiger partial charge in [-0.2, -0.15) is 11.8 Å². The molecule has 1 N–H and O–H groups in total. The molecule has 1 aromatic carbocycles. The first-order valence-electron chi connectivity index (χ1n) is 5.73. The summed E-state index contributed by atoms with van der Waals surface area (Å²) in [4.78, 5) is 0.293. The van der Waals surface area contributed by atoms with Gasteiger partial charge >= 0.3 is 0 Å². The largest absolute Gasteiger partial charge is 0.241 e. The van der Waals surface area contributed by atoms with Crippen LogP contribution in [0.15, 0.2) is 27.6 Å². The minimum Gasteiger partial charge on any atom is -0.207 e. The predicted octanol–water partition coefficient (Wildman–Crippen LogP) is 3.18. The molecule has 0 amide bonds. The summed E-state index contributed by atoms with van der Waals surface area (Å²) in [5.41, 5.74) is 1.02. The van der Waals surface area contributed by atoms with Crippen LogP contribution in [0.4, 0.5) is 0 Å². The van der Waals surface area contributed by atoms with Gasteiger partial charge in [0, 0.05) is 16.3 Å². The number of rotatable bonds is 6. The minimum atomic E-state index is -3.45. The van der Waals surface area contributed by atoms with Crippen LogP contribution in [-0.4, -0.2) is 26.0 Å². The van der Waals surface area contributed by atoms with E-state index in [9.17, 15) is 8.42 Å². The second-order valence-electron chi connectivity index (χ2n) is 4.12. The summed E-state index contributed by atoms with van der Waals surface area (Å²) in [7, 11) is -3.45. The van der Waals surface area contributed by atoms with Gasteiger partial charge in [0.1, 0.15) is 0 Å². The first kappa shape index (κ1) is 16.0. The van der Waals surface area contributed by atoms with Crippen molar-refractivity contribution in [2.75, 3.05) is 11.5 Å². The number of sulfonamides is 1. The van der Waals surface area contributed by atoms with Crippen molar-refractivity contribution >= 4 is 37.7 Å². The van der Waals surface area contributed by atoms with Gasteiger partial charge in [0.05, 0.1) is 4.90 Å². The number of benzene rings is 1. The Labute approximate surface area is 122 Å². The van der Waals surface area contributed by atoms with E-state index >= 15 is 0 Å². The lowest BCUT2D eigenvalue weighted by molar-refractivity contribution is 0.570. The van der Waals surface area contributed by atoms with E-state index < -0.39 is 10.0 Å². The molecule has 0 aromatic heterocycles.